The summed E-state index contributed by atoms with van der Waals surface area (Å²) < 4.78 is 0. The lowest BCUT2D eigenvalue weighted by Gasteiger charge is -2.11. The number of pyridine rings is 2. The number of benzene rings is 4. The minimum atomic E-state index is 0.711. The minimum absolute atomic E-state index is 0.711. The van der Waals surface area contributed by atoms with Gasteiger partial charge in [0.25, 0.3) is 0 Å². The number of aryl methyl sites for hydroxylation is 2. The lowest BCUT2D eigenvalue weighted by Crippen LogP contribution is -1.96. The number of hydrogen-bond acceptors (Lipinski definition) is 4. The van der Waals surface area contributed by atoms with E-state index in [-0.39, 0.29) is 0 Å². The number of nitrogens with zero attached hydrogens (tertiary/aromatic N) is 4. The highest BCUT2D eigenvalue weighted by Crippen LogP contribution is 2.32. The molecule has 40 heavy (non-hydrogen) atoms. The Bertz CT molecular complexity index is 1940. The molecule has 0 unspecified atom stereocenters. The van der Waals surface area contributed by atoms with E-state index in [9.17, 15) is 0 Å². The predicted octanol–water partition coefficient (Wildman–Crippen LogP) is 8.86. The summed E-state index contributed by atoms with van der Waals surface area (Å²) in [6.07, 6.45) is 0. The zero-order valence-corrected chi connectivity index (χ0v) is 22.3. The molecule has 7 aromatic rings. The molecule has 7 rings (SSSR count). The molecular weight excluding hydrogens is 488 g/mol. The van der Waals surface area contributed by atoms with Gasteiger partial charge in [-0.25, -0.2) is 15.0 Å². The summed E-state index contributed by atoms with van der Waals surface area (Å²) in [7, 11) is 0. The Labute approximate surface area is 233 Å². The Kier molecular flexibility index (Phi) is 5.86. The molecule has 0 bridgehead atoms. The molecule has 0 amide bonds. The van der Waals surface area contributed by atoms with Crippen LogP contribution in [-0.2, 0) is 0 Å². The number of fused-ring (bicyclic) bond motifs is 3. The predicted molar refractivity (Wildman–Crippen MR) is 164 cm³/mol. The van der Waals surface area contributed by atoms with Crippen LogP contribution in [0, 0.1) is 13.8 Å². The fraction of sp³-hybridized carbons (Fsp3) is 0.0556. The first kappa shape index (κ1) is 23.9. The molecule has 0 aliphatic rings. The van der Waals surface area contributed by atoms with Gasteiger partial charge < -0.3 is 0 Å². The highest BCUT2D eigenvalue weighted by atomic mass is 14.9. The summed E-state index contributed by atoms with van der Waals surface area (Å²) in [4.78, 5) is 19.8. The molecule has 3 aromatic heterocycles. The summed E-state index contributed by atoms with van der Waals surface area (Å²) in [5.74, 6) is 0.711. The van der Waals surface area contributed by atoms with Crippen molar-refractivity contribution >= 4 is 21.8 Å². The van der Waals surface area contributed by atoms with Gasteiger partial charge in [0.05, 0.1) is 28.1 Å². The van der Waals surface area contributed by atoms with Crippen LogP contribution in [-0.4, -0.2) is 19.9 Å². The second kappa shape index (κ2) is 9.83. The molecule has 0 radical (unpaired) electrons. The summed E-state index contributed by atoms with van der Waals surface area (Å²) in [5, 5.41) is 2.23. The third-order valence-electron chi connectivity index (χ3n) is 7.29. The van der Waals surface area contributed by atoms with E-state index in [0.717, 1.165) is 66.8 Å². The number of aromatic nitrogens is 4. The summed E-state index contributed by atoms with van der Waals surface area (Å²) in [6, 6.07) is 41.5. The Hall–Kier alpha value is -5.22. The molecule has 0 aliphatic heterocycles. The molecule has 3 heterocycles. The van der Waals surface area contributed by atoms with Gasteiger partial charge >= 0.3 is 0 Å². The quantitative estimate of drug-likeness (QED) is 0.220. The molecule has 0 aliphatic carbocycles. The maximum absolute atomic E-state index is 5.10. The van der Waals surface area contributed by atoms with E-state index >= 15 is 0 Å². The molecule has 4 heteroatoms. The van der Waals surface area contributed by atoms with Crippen molar-refractivity contribution in [2.75, 3.05) is 0 Å². The summed E-state index contributed by atoms with van der Waals surface area (Å²) >= 11 is 0. The van der Waals surface area contributed by atoms with Crippen LogP contribution in [0.4, 0.5) is 0 Å². The lowest BCUT2D eigenvalue weighted by atomic mass is 10.0. The van der Waals surface area contributed by atoms with E-state index in [1.807, 2.05) is 61.5 Å². The van der Waals surface area contributed by atoms with Crippen molar-refractivity contribution in [3.05, 3.63) is 133 Å². The van der Waals surface area contributed by atoms with Crippen LogP contribution in [0.2, 0.25) is 0 Å². The summed E-state index contributed by atoms with van der Waals surface area (Å²) in [6.45, 7) is 4.16. The molecular formula is C36H26N4. The highest BCUT2D eigenvalue weighted by molar-refractivity contribution is 6.04. The van der Waals surface area contributed by atoms with Gasteiger partial charge in [-0.1, -0.05) is 103 Å². The highest BCUT2D eigenvalue weighted by Gasteiger charge is 2.13. The van der Waals surface area contributed by atoms with Crippen LogP contribution in [0.3, 0.4) is 0 Å². The van der Waals surface area contributed by atoms with Crippen LogP contribution in [0.25, 0.3) is 67.0 Å². The second-order valence-corrected chi connectivity index (χ2v) is 10.1. The first-order chi connectivity index (χ1) is 19.6. The molecule has 4 aromatic carbocycles. The van der Waals surface area contributed by atoms with Gasteiger partial charge in [0.15, 0.2) is 5.82 Å². The van der Waals surface area contributed by atoms with E-state index < -0.39 is 0 Å². The Balaban J connectivity index is 1.32. The Morgan fingerprint density at radius 2 is 0.975 bits per heavy atom. The number of hydrogen-bond donors (Lipinski definition) is 0. The van der Waals surface area contributed by atoms with Crippen molar-refractivity contribution in [2.24, 2.45) is 0 Å². The molecule has 0 saturated carbocycles. The van der Waals surface area contributed by atoms with Crippen molar-refractivity contribution in [3.8, 4) is 45.2 Å². The molecule has 0 atom stereocenters. The summed E-state index contributed by atoms with van der Waals surface area (Å²) in [5.41, 5.74) is 10.9. The molecule has 4 nitrogen and oxygen atoms in total. The van der Waals surface area contributed by atoms with Gasteiger partial charge in [0.1, 0.15) is 0 Å². The molecule has 0 N–H and O–H groups in total. The molecule has 0 spiro atoms. The topological polar surface area (TPSA) is 51.6 Å². The Morgan fingerprint density at radius 1 is 0.425 bits per heavy atom. The molecule has 0 fully saturated rings. The van der Waals surface area contributed by atoms with Gasteiger partial charge in [-0.05, 0) is 37.6 Å². The maximum atomic E-state index is 5.10. The maximum Gasteiger partial charge on any atom is 0.160 e. The average Bonchev–Trinajstić information content (AvgIpc) is 3.01. The second-order valence-electron chi connectivity index (χ2n) is 10.1. The van der Waals surface area contributed by atoms with Crippen LogP contribution in [0.5, 0.6) is 0 Å². The van der Waals surface area contributed by atoms with Gasteiger partial charge in [-0.2, -0.15) is 0 Å². The van der Waals surface area contributed by atoms with E-state index in [2.05, 4.69) is 73.7 Å². The zero-order valence-electron chi connectivity index (χ0n) is 22.3. The molecule has 190 valence electrons. The third-order valence-corrected chi connectivity index (χ3v) is 7.29. The Morgan fingerprint density at radius 3 is 1.62 bits per heavy atom. The minimum Gasteiger partial charge on any atom is -0.251 e. The standard InChI is InChI=1S/C36H26N4/c1-23-21-31(38-35-30(23)20-19-28-14-13-24(2)37-34(28)35)26-15-17-27(18-16-26)33-22-32(25-9-5-3-6-10-25)39-36(40-33)29-11-7-4-8-12-29/h3-22H,1-2H3. The first-order valence-corrected chi connectivity index (χ1v) is 13.4. The lowest BCUT2D eigenvalue weighted by molar-refractivity contribution is 1.18. The van der Waals surface area contributed by atoms with E-state index in [1.165, 1.54) is 5.56 Å². The van der Waals surface area contributed by atoms with E-state index in [4.69, 9.17) is 19.9 Å². The van der Waals surface area contributed by atoms with Crippen molar-refractivity contribution in [3.63, 3.8) is 0 Å². The largest absolute Gasteiger partial charge is 0.251 e. The van der Waals surface area contributed by atoms with Crippen LogP contribution < -0.4 is 0 Å². The van der Waals surface area contributed by atoms with Crippen molar-refractivity contribution in [2.45, 2.75) is 13.8 Å². The third kappa shape index (κ3) is 4.40. The van der Waals surface area contributed by atoms with Gasteiger partial charge in [-0.3, -0.25) is 4.98 Å². The van der Waals surface area contributed by atoms with Crippen molar-refractivity contribution < 1.29 is 0 Å². The normalized spacial score (nSPS) is 11.2. The first-order valence-electron chi connectivity index (χ1n) is 13.4. The van der Waals surface area contributed by atoms with Gasteiger partial charge in [0.2, 0.25) is 0 Å². The van der Waals surface area contributed by atoms with E-state index in [0.29, 0.717) is 5.82 Å². The van der Waals surface area contributed by atoms with Gasteiger partial charge in [-0.15, -0.1) is 0 Å². The van der Waals surface area contributed by atoms with Crippen molar-refractivity contribution in [1.82, 2.24) is 19.9 Å². The number of rotatable bonds is 4. The average molecular weight is 515 g/mol. The van der Waals surface area contributed by atoms with E-state index in [1.54, 1.807) is 0 Å². The SMILES string of the molecule is Cc1ccc2ccc3c(C)cc(-c4ccc(-c5cc(-c6ccccc6)nc(-c6ccccc6)n5)cc4)nc3c2n1. The van der Waals surface area contributed by atoms with Crippen molar-refractivity contribution in [1.29, 1.82) is 0 Å². The van der Waals surface area contributed by atoms with Crippen LogP contribution >= 0.6 is 0 Å². The smallest absolute Gasteiger partial charge is 0.160 e. The molecule has 0 saturated heterocycles. The zero-order chi connectivity index (χ0) is 27.1. The fourth-order valence-electron chi connectivity index (χ4n) is 5.17. The van der Waals surface area contributed by atoms with Crippen LogP contribution in [0.1, 0.15) is 11.3 Å². The van der Waals surface area contributed by atoms with Gasteiger partial charge in [0, 0.05) is 38.7 Å². The fourth-order valence-corrected chi connectivity index (χ4v) is 5.17. The monoisotopic (exact) mass is 514 g/mol. The van der Waals surface area contributed by atoms with Crippen LogP contribution in [0.15, 0.2) is 121 Å².